The van der Waals surface area contributed by atoms with E-state index in [2.05, 4.69) is 22.5 Å². The molecular weight excluding hydrogens is 290 g/mol. The van der Waals surface area contributed by atoms with Crippen LogP contribution in [0.5, 0.6) is 0 Å². The summed E-state index contributed by atoms with van der Waals surface area (Å²) in [6, 6.07) is 8.53. The summed E-state index contributed by atoms with van der Waals surface area (Å²) in [5.41, 5.74) is 2.82. The number of aromatic nitrogens is 2. The number of hydrogen-bond donors (Lipinski definition) is 2. The average Bonchev–Trinajstić information content (AvgIpc) is 2.89. The number of nitrogens with zero attached hydrogens (tertiary/aromatic N) is 2. The highest BCUT2D eigenvalue weighted by molar-refractivity contribution is 6.32. The smallest absolute Gasteiger partial charge is 0.287 e. The molecule has 110 valence electrons. The van der Waals surface area contributed by atoms with E-state index in [0.29, 0.717) is 5.69 Å². The molecule has 1 heterocycles. The van der Waals surface area contributed by atoms with Crippen LogP contribution in [0.4, 0.5) is 5.69 Å². The Hall–Kier alpha value is -1.85. The Balaban J connectivity index is 1.78. The summed E-state index contributed by atoms with van der Waals surface area (Å²) in [4.78, 5) is 12.0. The van der Waals surface area contributed by atoms with Crippen molar-refractivity contribution in [1.29, 1.82) is 0 Å². The van der Waals surface area contributed by atoms with Crippen LogP contribution in [0.1, 0.15) is 11.1 Å². The topological polar surface area (TPSA) is 67.2 Å². The van der Waals surface area contributed by atoms with E-state index in [1.165, 1.54) is 11.1 Å². The van der Waals surface area contributed by atoms with Crippen molar-refractivity contribution < 1.29 is 5.11 Å². The first-order valence-electron chi connectivity index (χ1n) is 6.89. The van der Waals surface area contributed by atoms with Crippen LogP contribution in [0, 0.1) is 0 Å². The second kappa shape index (κ2) is 5.87. The van der Waals surface area contributed by atoms with Gasteiger partial charge < -0.3 is 10.4 Å². The second-order valence-electron chi connectivity index (χ2n) is 5.14. The number of nitrogens with one attached hydrogen (secondary N) is 1. The Morgan fingerprint density at radius 2 is 2.00 bits per heavy atom. The zero-order valence-corrected chi connectivity index (χ0v) is 12.2. The normalized spacial score (nSPS) is 14.2. The van der Waals surface area contributed by atoms with E-state index in [0.717, 1.165) is 17.5 Å². The van der Waals surface area contributed by atoms with Crippen molar-refractivity contribution in [2.75, 3.05) is 11.9 Å². The van der Waals surface area contributed by atoms with Crippen molar-refractivity contribution >= 4 is 17.3 Å². The van der Waals surface area contributed by atoms with Crippen LogP contribution in [0.25, 0.3) is 0 Å². The molecule has 1 aliphatic carbocycles. The van der Waals surface area contributed by atoms with Crippen molar-refractivity contribution in [3.63, 3.8) is 0 Å². The van der Waals surface area contributed by atoms with Crippen LogP contribution in [-0.2, 0) is 19.4 Å². The van der Waals surface area contributed by atoms with Gasteiger partial charge >= 0.3 is 0 Å². The molecule has 1 aromatic carbocycles. The molecule has 0 radical (unpaired) electrons. The molecule has 0 bridgehead atoms. The van der Waals surface area contributed by atoms with Crippen molar-refractivity contribution in [2.24, 2.45) is 0 Å². The number of rotatable bonds is 4. The van der Waals surface area contributed by atoms with Crippen molar-refractivity contribution in [2.45, 2.75) is 25.4 Å². The first-order valence-corrected chi connectivity index (χ1v) is 7.26. The fourth-order valence-corrected chi connectivity index (χ4v) is 2.90. The summed E-state index contributed by atoms with van der Waals surface area (Å²) in [5, 5.41) is 16.3. The van der Waals surface area contributed by atoms with Crippen LogP contribution in [-0.4, -0.2) is 27.5 Å². The number of benzene rings is 1. The molecular formula is C15H16ClN3O2. The minimum Gasteiger partial charge on any atom is -0.394 e. The van der Waals surface area contributed by atoms with E-state index in [4.69, 9.17) is 16.7 Å². The zero-order chi connectivity index (χ0) is 14.8. The van der Waals surface area contributed by atoms with Gasteiger partial charge in [-0.15, -0.1) is 0 Å². The summed E-state index contributed by atoms with van der Waals surface area (Å²) in [6.07, 6.45) is 3.36. The van der Waals surface area contributed by atoms with Gasteiger partial charge in [-0.2, -0.15) is 5.10 Å². The Morgan fingerprint density at radius 3 is 2.62 bits per heavy atom. The fraction of sp³-hybridized carbons (Fsp3) is 0.333. The molecule has 0 spiro atoms. The number of fused-ring (bicyclic) bond motifs is 1. The van der Waals surface area contributed by atoms with Gasteiger partial charge in [-0.25, -0.2) is 4.68 Å². The maximum atomic E-state index is 12.0. The van der Waals surface area contributed by atoms with Gasteiger partial charge in [0, 0.05) is 6.04 Å². The van der Waals surface area contributed by atoms with Gasteiger partial charge in [0.05, 0.1) is 25.0 Å². The van der Waals surface area contributed by atoms with Crippen molar-refractivity contribution in [3.8, 4) is 0 Å². The Morgan fingerprint density at radius 1 is 1.33 bits per heavy atom. The highest BCUT2D eigenvalue weighted by atomic mass is 35.5. The maximum absolute atomic E-state index is 12.0. The molecule has 21 heavy (non-hydrogen) atoms. The van der Waals surface area contributed by atoms with Gasteiger partial charge in [-0.3, -0.25) is 4.79 Å². The van der Waals surface area contributed by atoms with E-state index in [-0.39, 0.29) is 29.8 Å². The van der Waals surface area contributed by atoms with Gasteiger partial charge in [0.15, 0.2) is 0 Å². The Labute approximate surface area is 127 Å². The molecule has 0 aliphatic heterocycles. The Bertz CT molecular complexity index is 689. The molecule has 0 fully saturated rings. The first-order chi connectivity index (χ1) is 10.2. The molecule has 1 aromatic heterocycles. The van der Waals surface area contributed by atoms with Crippen molar-refractivity contribution in [1.82, 2.24) is 9.78 Å². The molecule has 0 unspecified atom stereocenters. The van der Waals surface area contributed by atoms with Crippen LogP contribution in [0.2, 0.25) is 5.02 Å². The molecule has 1 aliphatic rings. The number of aliphatic hydroxyl groups excluding tert-OH is 1. The number of halogens is 1. The van der Waals surface area contributed by atoms with Gasteiger partial charge in [0.2, 0.25) is 0 Å². The number of aliphatic hydroxyl groups is 1. The van der Waals surface area contributed by atoms with E-state index in [1.54, 1.807) is 6.20 Å². The second-order valence-corrected chi connectivity index (χ2v) is 5.52. The maximum Gasteiger partial charge on any atom is 0.287 e. The summed E-state index contributed by atoms with van der Waals surface area (Å²) < 4.78 is 1.16. The van der Waals surface area contributed by atoms with Crippen LogP contribution in [0.15, 0.2) is 35.3 Å². The molecule has 2 aromatic rings. The quantitative estimate of drug-likeness (QED) is 0.897. The van der Waals surface area contributed by atoms with Gasteiger partial charge in [0.1, 0.15) is 5.02 Å². The summed E-state index contributed by atoms with van der Waals surface area (Å²) in [7, 11) is 0. The van der Waals surface area contributed by atoms with Gasteiger partial charge in [-0.05, 0) is 24.0 Å². The third-order valence-corrected chi connectivity index (χ3v) is 4.07. The third kappa shape index (κ3) is 2.80. The van der Waals surface area contributed by atoms with Gasteiger partial charge in [-0.1, -0.05) is 35.9 Å². The standard InChI is InChI=1S/C15H16ClN3O2/c16-14-13(9-17-19(5-6-20)15(14)21)18-12-7-10-3-1-2-4-11(10)8-12/h1-4,9,12,18,20H,5-8H2. The summed E-state index contributed by atoms with van der Waals surface area (Å²) >= 11 is 6.11. The van der Waals surface area contributed by atoms with E-state index >= 15 is 0 Å². The summed E-state index contributed by atoms with van der Waals surface area (Å²) in [6.45, 7) is 0.00164. The lowest BCUT2D eigenvalue weighted by Gasteiger charge is -2.15. The number of hydrogen-bond acceptors (Lipinski definition) is 4. The van der Waals surface area contributed by atoms with Crippen molar-refractivity contribution in [3.05, 3.63) is 57.0 Å². The van der Waals surface area contributed by atoms with E-state index < -0.39 is 0 Å². The highest BCUT2D eigenvalue weighted by Crippen LogP contribution is 2.25. The molecule has 5 nitrogen and oxygen atoms in total. The molecule has 0 saturated heterocycles. The molecule has 3 rings (SSSR count). The largest absolute Gasteiger partial charge is 0.394 e. The Kier molecular flexibility index (Phi) is 3.94. The van der Waals surface area contributed by atoms with Crippen LogP contribution >= 0.6 is 11.6 Å². The highest BCUT2D eigenvalue weighted by Gasteiger charge is 2.22. The monoisotopic (exact) mass is 305 g/mol. The fourth-order valence-electron chi connectivity index (χ4n) is 2.70. The first kappa shape index (κ1) is 14.1. The lowest BCUT2D eigenvalue weighted by atomic mass is 10.1. The predicted octanol–water partition coefficient (Wildman–Crippen LogP) is 1.47. The average molecular weight is 306 g/mol. The minimum absolute atomic E-state index is 0.120. The molecule has 0 saturated carbocycles. The molecule has 2 N–H and O–H groups in total. The minimum atomic E-state index is -0.383. The molecule has 0 amide bonds. The number of anilines is 1. The van der Waals surface area contributed by atoms with E-state index in [1.807, 2.05) is 12.1 Å². The molecule has 6 heteroatoms. The zero-order valence-electron chi connectivity index (χ0n) is 11.4. The SMILES string of the molecule is O=c1c(Cl)c(NC2Cc3ccccc3C2)cnn1CCO. The summed E-state index contributed by atoms with van der Waals surface area (Å²) in [5.74, 6) is 0. The lowest BCUT2D eigenvalue weighted by Crippen LogP contribution is -2.27. The molecule has 0 atom stereocenters. The predicted molar refractivity (Wildman–Crippen MR) is 81.9 cm³/mol. The van der Waals surface area contributed by atoms with Gasteiger partial charge in [0.25, 0.3) is 5.56 Å². The van der Waals surface area contributed by atoms with Crippen LogP contribution in [0.3, 0.4) is 0 Å². The van der Waals surface area contributed by atoms with E-state index in [9.17, 15) is 4.79 Å². The lowest BCUT2D eigenvalue weighted by molar-refractivity contribution is 0.266. The van der Waals surface area contributed by atoms with Crippen LogP contribution < -0.4 is 10.9 Å². The third-order valence-electron chi connectivity index (χ3n) is 3.71.